The maximum absolute atomic E-state index is 8.98. The zero-order valence-corrected chi connectivity index (χ0v) is 36.5. The number of hydrogen-bond donors (Lipinski definition) is 0. The van der Waals surface area contributed by atoms with Crippen LogP contribution in [0.25, 0.3) is 27.5 Å². The van der Waals surface area contributed by atoms with E-state index in [-0.39, 0.29) is 23.0 Å². The summed E-state index contributed by atoms with van der Waals surface area (Å²) in [4.78, 5) is 2.41. The molecule has 0 spiro atoms. The molecule has 7 aromatic carbocycles. The van der Waals surface area contributed by atoms with Gasteiger partial charge in [-0.05, 0) is 118 Å². The van der Waals surface area contributed by atoms with Gasteiger partial charge in [-0.2, -0.15) is 0 Å². The Morgan fingerprint density at radius 2 is 1.12 bits per heavy atom. The molecule has 0 bridgehead atoms. The Morgan fingerprint density at radius 3 is 1.72 bits per heavy atom. The Labute approximate surface area is 356 Å². The lowest BCUT2D eigenvalue weighted by Gasteiger charge is -2.37. The van der Waals surface area contributed by atoms with E-state index in [4.69, 9.17) is 10.8 Å². The number of para-hydroxylation sites is 1. The van der Waals surface area contributed by atoms with Crippen molar-refractivity contribution in [3.8, 4) is 28.7 Å². The normalized spacial score (nSPS) is 13.6. The van der Waals surface area contributed by atoms with Crippen molar-refractivity contribution < 1.29 is 10.8 Å². The number of hydrogen-bond acceptors (Lipinski definition) is 3. The molecule has 8 aromatic rings. The van der Waals surface area contributed by atoms with Crippen LogP contribution < -0.4 is 30.8 Å². The van der Waals surface area contributed by atoms with Crippen LogP contribution in [0.3, 0.4) is 0 Å². The van der Waals surface area contributed by atoms with Gasteiger partial charge in [0.1, 0.15) is 23.0 Å². The van der Waals surface area contributed by atoms with Crippen molar-refractivity contribution in [2.75, 3.05) is 4.90 Å². The minimum Gasteiger partial charge on any atom is -0.458 e. The lowest BCUT2D eigenvalue weighted by molar-refractivity contribution is 0.465. The molecule has 0 aliphatic carbocycles. The van der Waals surface area contributed by atoms with E-state index >= 15 is 0 Å². The zero-order valence-electron chi connectivity index (χ0n) is 37.5. The zero-order chi connectivity index (χ0) is 42.7. The third-order valence-electron chi connectivity index (χ3n) is 12.6. The first-order chi connectivity index (χ1) is 29.0. The summed E-state index contributed by atoms with van der Waals surface area (Å²) in [6, 6.07) is 48.8. The fourth-order valence-electron chi connectivity index (χ4n) is 9.21. The Bertz CT molecular complexity index is 2980. The number of benzene rings is 7. The summed E-state index contributed by atoms with van der Waals surface area (Å²) in [7, 11) is 0. The molecule has 5 heteroatoms. The van der Waals surface area contributed by atoms with E-state index in [0.717, 1.165) is 72.4 Å². The number of aromatic nitrogens is 1. The molecule has 4 nitrogen and oxygen atoms in total. The van der Waals surface area contributed by atoms with Gasteiger partial charge in [0.25, 0.3) is 6.71 Å². The van der Waals surface area contributed by atoms with E-state index in [1.807, 2.05) is 12.1 Å². The third-order valence-corrected chi connectivity index (χ3v) is 12.6. The summed E-state index contributed by atoms with van der Waals surface area (Å²) in [6.07, 6.45) is 0. The number of rotatable bonds is 4. The van der Waals surface area contributed by atoms with Gasteiger partial charge in [0.05, 0.1) is 18.1 Å². The molecule has 0 amide bonds. The predicted molar refractivity (Wildman–Crippen MR) is 254 cm³/mol. The highest BCUT2D eigenvalue weighted by atomic mass is 16.5. The van der Waals surface area contributed by atoms with Crippen LogP contribution in [0.4, 0.5) is 17.1 Å². The van der Waals surface area contributed by atoms with E-state index < -0.39 is 0 Å². The van der Waals surface area contributed by atoms with Gasteiger partial charge in [-0.15, -0.1) is 0 Å². The molecule has 2 aliphatic rings. The lowest BCUT2D eigenvalue weighted by atomic mass is 9.34. The molecule has 298 valence electrons. The summed E-state index contributed by atoms with van der Waals surface area (Å²) >= 11 is 0. The summed E-state index contributed by atoms with van der Waals surface area (Å²) in [5.41, 5.74) is 14.3. The highest BCUT2D eigenvalue weighted by Crippen LogP contribution is 2.51. The summed E-state index contributed by atoms with van der Waals surface area (Å²) in [5, 5.41) is 2.22. The fourth-order valence-corrected chi connectivity index (χ4v) is 9.21. The van der Waals surface area contributed by atoms with E-state index in [9.17, 15) is 0 Å². The van der Waals surface area contributed by atoms with E-state index in [1.165, 1.54) is 22.3 Å². The Balaban J connectivity index is 1.38. The molecule has 0 unspecified atom stereocenters. The first-order valence-corrected chi connectivity index (χ1v) is 21.3. The van der Waals surface area contributed by atoms with E-state index in [2.05, 4.69) is 200 Å². The minimum atomic E-state index is -0.221. The van der Waals surface area contributed by atoms with Crippen LogP contribution in [-0.4, -0.2) is 11.3 Å². The summed E-state index contributed by atoms with van der Waals surface area (Å²) in [6.45, 7) is 22.3. The van der Waals surface area contributed by atoms with Crippen molar-refractivity contribution in [1.29, 1.82) is 0 Å². The quantitative estimate of drug-likeness (QED) is 0.166. The van der Waals surface area contributed by atoms with Crippen molar-refractivity contribution in [3.63, 3.8) is 0 Å². The summed E-state index contributed by atoms with van der Waals surface area (Å²) in [5.74, 6) is 2.91. The van der Waals surface area contributed by atoms with Gasteiger partial charge < -0.3 is 18.9 Å². The summed E-state index contributed by atoms with van der Waals surface area (Å²) < 4.78 is 25.5. The van der Waals surface area contributed by atoms with Crippen molar-refractivity contribution in [3.05, 3.63) is 162 Å². The van der Waals surface area contributed by atoms with Crippen LogP contribution in [-0.2, 0) is 16.2 Å². The Kier molecular flexibility index (Phi) is 8.24. The third kappa shape index (κ3) is 6.12. The molecule has 0 atom stereocenters. The number of anilines is 3. The van der Waals surface area contributed by atoms with Crippen LogP contribution in [0.5, 0.6) is 23.0 Å². The fraction of sp³-hybridized carbons (Fsp3) is 0.236. The molecule has 0 N–H and O–H groups in total. The van der Waals surface area contributed by atoms with E-state index in [1.54, 1.807) is 0 Å². The average Bonchev–Trinajstić information content (AvgIpc) is 3.54. The largest absolute Gasteiger partial charge is 0.458 e. The monoisotopic (exact) mass is 785 g/mol. The lowest BCUT2D eigenvalue weighted by Crippen LogP contribution is -2.57. The van der Waals surface area contributed by atoms with Crippen LogP contribution in [0, 0.1) is 6.92 Å². The molecule has 2 aliphatic heterocycles. The van der Waals surface area contributed by atoms with Crippen LogP contribution >= 0.6 is 0 Å². The molecule has 0 saturated heterocycles. The van der Waals surface area contributed by atoms with Crippen molar-refractivity contribution in [1.82, 2.24) is 4.57 Å². The van der Waals surface area contributed by atoms with Gasteiger partial charge in [0, 0.05) is 33.3 Å². The number of nitrogens with zero attached hydrogens (tertiary/aromatic N) is 2. The van der Waals surface area contributed by atoms with Crippen molar-refractivity contribution in [2.24, 2.45) is 0 Å². The number of aryl methyl sites for hydroxylation is 1. The molecule has 0 radical (unpaired) electrons. The molecule has 0 saturated carbocycles. The highest BCUT2D eigenvalue weighted by molar-refractivity contribution is 6.98. The second kappa shape index (κ2) is 13.4. The first-order valence-electron chi connectivity index (χ1n) is 21.8. The number of ether oxygens (including phenoxy) is 2. The predicted octanol–water partition coefficient (Wildman–Crippen LogP) is 13.2. The standard InChI is InChI=1S/C55H53BN2O2/c1-34-18-25-40(26-19-34)58-44-15-12-11-14-41(44)49-45(58)33-43-52(60-48-17-13-16-47-50(48)56(43)42-32-37(55(8,9)10)24-31-46(42)59-47)51(49)57(38-27-20-35(21-28-38)53(2,3)4)39-29-22-36(23-30-39)54(5,6)7/h11-33H,1-10H3/i13D. The molecule has 0 fully saturated rings. The Hall–Kier alpha value is -6.20. The molecule has 10 rings (SSSR count). The molecule has 60 heavy (non-hydrogen) atoms. The van der Waals surface area contributed by atoms with E-state index in [0.29, 0.717) is 17.5 Å². The Morgan fingerprint density at radius 1 is 0.550 bits per heavy atom. The smallest absolute Gasteiger partial charge is 0.260 e. The SMILES string of the molecule is [2H]c1cc2c3c(c1)Oc1c(cc4c(c1N(c1ccc(C(C)(C)C)cc1)c1ccc(C(C)(C)C)cc1)c1ccccc1n4-c1ccc(C)cc1)B3c1cc(C(C)(C)C)ccc1O2. The number of fused-ring (bicyclic) bond motifs is 7. The second-order valence-electron chi connectivity index (χ2n) is 19.9. The van der Waals surface area contributed by atoms with Gasteiger partial charge in [-0.25, -0.2) is 0 Å². The van der Waals surface area contributed by atoms with Crippen LogP contribution in [0.2, 0.25) is 0 Å². The molecular formula is C55H53BN2O2. The highest BCUT2D eigenvalue weighted by Gasteiger charge is 2.43. The van der Waals surface area contributed by atoms with Gasteiger partial charge in [0.15, 0.2) is 0 Å². The van der Waals surface area contributed by atoms with Crippen LogP contribution in [0.15, 0.2) is 140 Å². The van der Waals surface area contributed by atoms with Gasteiger partial charge >= 0.3 is 0 Å². The van der Waals surface area contributed by atoms with Gasteiger partial charge in [-0.1, -0.05) is 141 Å². The molecular weight excluding hydrogens is 731 g/mol. The second-order valence-corrected chi connectivity index (χ2v) is 19.9. The topological polar surface area (TPSA) is 26.6 Å². The molecule has 3 heterocycles. The maximum Gasteiger partial charge on any atom is 0.260 e. The van der Waals surface area contributed by atoms with Crippen molar-refractivity contribution in [2.45, 2.75) is 85.5 Å². The molecule has 1 aromatic heterocycles. The van der Waals surface area contributed by atoms with Crippen molar-refractivity contribution >= 4 is 62.0 Å². The van der Waals surface area contributed by atoms with Gasteiger partial charge in [0.2, 0.25) is 0 Å². The van der Waals surface area contributed by atoms with Crippen LogP contribution in [0.1, 0.15) is 85.9 Å². The first kappa shape index (κ1) is 36.9. The van der Waals surface area contributed by atoms with Gasteiger partial charge in [-0.3, -0.25) is 0 Å². The maximum atomic E-state index is 8.98. The minimum absolute atomic E-state index is 0.0147. The average molecular weight is 786 g/mol.